The van der Waals surface area contributed by atoms with Crippen molar-refractivity contribution in [2.45, 2.75) is 77.1 Å². The summed E-state index contributed by atoms with van der Waals surface area (Å²) in [5.41, 5.74) is 1.74. The summed E-state index contributed by atoms with van der Waals surface area (Å²) in [4.78, 5) is 41.2. The fourth-order valence-electron chi connectivity index (χ4n) is 4.58. The maximum absolute atomic E-state index is 13.4. The summed E-state index contributed by atoms with van der Waals surface area (Å²) >= 11 is 0. The molecule has 2 aromatic rings. The van der Waals surface area contributed by atoms with Gasteiger partial charge in [-0.1, -0.05) is 43.7 Å². The number of fused-ring (bicyclic) bond motifs is 1. The number of nitrogens with zero attached hydrogens (tertiary/aromatic N) is 1. The number of nitrogens with one attached hydrogen (secondary N) is 3. The summed E-state index contributed by atoms with van der Waals surface area (Å²) in [6, 6.07) is 11.5. The maximum Gasteiger partial charge on any atom is 0.243 e. The molecule has 3 N–H and O–H groups in total. The summed E-state index contributed by atoms with van der Waals surface area (Å²) in [7, 11) is 1.60. The lowest BCUT2D eigenvalue weighted by Gasteiger charge is -2.30. The van der Waals surface area contributed by atoms with Crippen molar-refractivity contribution in [2.24, 2.45) is 0 Å². The van der Waals surface area contributed by atoms with E-state index in [9.17, 15) is 18.8 Å². The minimum Gasteiger partial charge on any atom is -0.489 e. The third-order valence-corrected chi connectivity index (χ3v) is 7.04. The van der Waals surface area contributed by atoms with Crippen LogP contribution >= 0.6 is 0 Å². The second-order valence-electron chi connectivity index (χ2n) is 10.2. The summed E-state index contributed by atoms with van der Waals surface area (Å²) < 4.78 is 19.7. The average Bonchev–Trinajstić information content (AvgIpc) is 2.93. The molecule has 1 aliphatic rings. The molecule has 0 radical (unpaired) electrons. The van der Waals surface area contributed by atoms with Gasteiger partial charge in [-0.2, -0.15) is 0 Å². The predicted octanol–water partition coefficient (Wildman–Crippen LogP) is 2.99. The van der Waals surface area contributed by atoms with Gasteiger partial charge in [-0.25, -0.2) is 4.39 Å². The first-order valence-electron chi connectivity index (χ1n) is 13.8. The molecule has 3 rings (SSSR count). The van der Waals surface area contributed by atoms with E-state index in [1.54, 1.807) is 26.1 Å². The van der Waals surface area contributed by atoms with E-state index >= 15 is 0 Å². The standard InChI is InChI=1S/C30H41FN4O4/c1-5-9-25-30(38)35(4)21(3)28(36)34-26(18-22-13-15-24(31)16-14-22)29(37)32-17-8-11-23-10-6-7-12-27(23)39-20(2)19-33-25/h6-7,10,12-16,20-21,25-26,33H,5,8-9,11,17-19H2,1-4H3,(H,32,37)(H,34,36)/t20-,21-,25?,26-/m1/s1. The Hall–Kier alpha value is -3.46. The number of amides is 3. The highest BCUT2D eigenvalue weighted by atomic mass is 19.1. The number of benzene rings is 2. The molecule has 4 atom stereocenters. The molecule has 0 saturated heterocycles. The van der Waals surface area contributed by atoms with Crippen molar-refractivity contribution in [3.63, 3.8) is 0 Å². The molecule has 0 saturated carbocycles. The number of carbonyl (C=O) groups excluding carboxylic acids is 3. The van der Waals surface area contributed by atoms with Gasteiger partial charge in [0.15, 0.2) is 0 Å². The van der Waals surface area contributed by atoms with E-state index in [0.717, 1.165) is 17.7 Å². The Morgan fingerprint density at radius 3 is 2.44 bits per heavy atom. The second kappa shape index (κ2) is 14.6. The van der Waals surface area contributed by atoms with Crippen LogP contribution in [0.2, 0.25) is 0 Å². The maximum atomic E-state index is 13.4. The molecule has 0 aliphatic carbocycles. The highest BCUT2D eigenvalue weighted by Crippen LogP contribution is 2.21. The molecule has 1 unspecified atom stereocenters. The molecular weight excluding hydrogens is 499 g/mol. The molecule has 1 aliphatic heterocycles. The lowest BCUT2D eigenvalue weighted by molar-refractivity contribution is -0.141. The zero-order valence-electron chi connectivity index (χ0n) is 23.3. The molecule has 0 bridgehead atoms. The topological polar surface area (TPSA) is 99.8 Å². The van der Waals surface area contributed by atoms with Gasteiger partial charge >= 0.3 is 0 Å². The van der Waals surface area contributed by atoms with Gasteiger partial charge in [-0.05, 0) is 62.4 Å². The minimum atomic E-state index is -0.881. The van der Waals surface area contributed by atoms with Gasteiger partial charge in [0.2, 0.25) is 17.7 Å². The Morgan fingerprint density at radius 1 is 1.00 bits per heavy atom. The van der Waals surface area contributed by atoms with Crippen LogP contribution in [-0.4, -0.2) is 67.0 Å². The molecule has 1 heterocycles. The third kappa shape index (κ3) is 8.78. The van der Waals surface area contributed by atoms with Gasteiger partial charge in [0, 0.05) is 26.6 Å². The number of hydrogen-bond acceptors (Lipinski definition) is 5. The van der Waals surface area contributed by atoms with Crippen molar-refractivity contribution in [1.82, 2.24) is 20.9 Å². The lowest BCUT2D eigenvalue weighted by Crippen LogP contribution is -2.56. The van der Waals surface area contributed by atoms with E-state index < -0.39 is 24.0 Å². The van der Waals surface area contributed by atoms with E-state index in [0.29, 0.717) is 37.9 Å². The van der Waals surface area contributed by atoms with Crippen LogP contribution in [0.1, 0.15) is 51.2 Å². The first kappa shape index (κ1) is 30.1. The van der Waals surface area contributed by atoms with Crippen LogP contribution in [0.15, 0.2) is 48.5 Å². The highest BCUT2D eigenvalue weighted by molar-refractivity contribution is 5.92. The van der Waals surface area contributed by atoms with Gasteiger partial charge in [0.1, 0.15) is 29.8 Å². The van der Waals surface area contributed by atoms with Crippen molar-refractivity contribution in [3.8, 4) is 5.75 Å². The Balaban J connectivity index is 1.86. The number of rotatable bonds is 4. The van der Waals surface area contributed by atoms with Crippen LogP contribution in [0.5, 0.6) is 5.75 Å². The summed E-state index contributed by atoms with van der Waals surface area (Å²) in [6.07, 6.45) is 2.78. The zero-order chi connectivity index (χ0) is 28.4. The fraction of sp³-hybridized carbons (Fsp3) is 0.500. The zero-order valence-corrected chi connectivity index (χ0v) is 23.3. The molecule has 2 aromatic carbocycles. The molecule has 3 amide bonds. The SMILES string of the molecule is CCCC1NC[C@@H](C)Oc2ccccc2CCCNC(=O)[C@@H](Cc2ccc(F)cc2)NC(=O)[C@@H](C)N(C)C1=O. The predicted molar refractivity (Wildman–Crippen MR) is 149 cm³/mol. The van der Waals surface area contributed by atoms with E-state index in [2.05, 4.69) is 16.0 Å². The fourth-order valence-corrected chi connectivity index (χ4v) is 4.58. The summed E-state index contributed by atoms with van der Waals surface area (Å²) in [6.45, 7) is 6.48. The normalized spacial score (nSPS) is 24.0. The first-order valence-corrected chi connectivity index (χ1v) is 13.8. The van der Waals surface area contributed by atoms with Crippen molar-refractivity contribution >= 4 is 17.7 Å². The van der Waals surface area contributed by atoms with E-state index in [-0.39, 0.29) is 30.2 Å². The molecule has 8 nitrogen and oxygen atoms in total. The number of ether oxygens (including phenoxy) is 1. The molecular formula is C30H41FN4O4. The lowest BCUT2D eigenvalue weighted by atomic mass is 10.0. The third-order valence-electron chi connectivity index (χ3n) is 7.04. The summed E-state index contributed by atoms with van der Waals surface area (Å²) in [5.74, 6) is -0.564. The largest absolute Gasteiger partial charge is 0.489 e. The number of likely N-dealkylation sites (N-methyl/N-ethyl adjacent to an activating group) is 1. The number of para-hydroxylation sites is 1. The monoisotopic (exact) mass is 540 g/mol. The van der Waals surface area contributed by atoms with Crippen LogP contribution < -0.4 is 20.7 Å². The van der Waals surface area contributed by atoms with Gasteiger partial charge in [0.05, 0.1) is 6.04 Å². The molecule has 212 valence electrons. The quantitative estimate of drug-likeness (QED) is 0.554. The Morgan fingerprint density at radius 2 is 1.72 bits per heavy atom. The van der Waals surface area contributed by atoms with E-state index in [4.69, 9.17) is 4.74 Å². The van der Waals surface area contributed by atoms with Crippen molar-refractivity contribution in [2.75, 3.05) is 20.1 Å². The average molecular weight is 541 g/mol. The first-order chi connectivity index (χ1) is 18.7. The Labute approximate surface area is 230 Å². The molecule has 0 spiro atoms. The minimum absolute atomic E-state index is 0.185. The van der Waals surface area contributed by atoms with Crippen molar-refractivity contribution < 1.29 is 23.5 Å². The van der Waals surface area contributed by atoms with Crippen LogP contribution in [-0.2, 0) is 27.2 Å². The second-order valence-corrected chi connectivity index (χ2v) is 10.2. The van der Waals surface area contributed by atoms with Gasteiger partial charge in [-0.15, -0.1) is 0 Å². The van der Waals surface area contributed by atoms with Gasteiger partial charge < -0.3 is 25.6 Å². The Kier molecular flexibility index (Phi) is 11.3. The molecule has 39 heavy (non-hydrogen) atoms. The molecule has 9 heteroatoms. The van der Waals surface area contributed by atoms with E-state index in [1.165, 1.54) is 17.0 Å². The van der Waals surface area contributed by atoms with Crippen molar-refractivity contribution in [3.05, 3.63) is 65.5 Å². The number of carbonyl (C=O) groups is 3. The van der Waals surface area contributed by atoms with Crippen molar-refractivity contribution in [1.29, 1.82) is 0 Å². The van der Waals surface area contributed by atoms with Crippen LogP contribution in [0.25, 0.3) is 0 Å². The summed E-state index contributed by atoms with van der Waals surface area (Å²) in [5, 5.41) is 9.08. The number of halogens is 1. The Bertz CT molecular complexity index is 1110. The highest BCUT2D eigenvalue weighted by Gasteiger charge is 2.31. The molecule has 0 aromatic heterocycles. The van der Waals surface area contributed by atoms with Crippen LogP contribution in [0.3, 0.4) is 0 Å². The van der Waals surface area contributed by atoms with E-state index in [1.807, 2.05) is 38.1 Å². The smallest absolute Gasteiger partial charge is 0.243 e. The van der Waals surface area contributed by atoms with Crippen LogP contribution in [0.4, 0.5) is 4.39 Å². The van der Waals surface area contributed by atoms with Gasteiger partial charge in [-0.3, -0.25) is 14.4 Å². The number of hydrogen-bond donors (Lipinski definition) is 3. The molecule has 0 fully saturated rings. The van der Waals surface area contributed by atoms with Gasteiger partial charge in [0.25, 0.3) is 0 Å². The number of aryl methyl sites for hydroxylation is 1. The van der Waals surface area contributed by atoms with Crippen LogP contribution in [0, 0.1) is 5.82 Å².